The van der Waals surface area contributed by atoms with Crippen molar-refractivity contribution in [2.45, 2.75) is 58.3 Å². The van der Waals surface area contributed by atoms with Crippen molar-refractivity contribution in [2.24, 2.45) is 0 Å². The van der Waals surface area contributed by atoms with Gasteiger partial charge in [0.05, 0.1) is 6.61 Å². The lowest BCUT2D eigenvalue weighted by Gasteiger charge is -2.21. The third-order valence-corrected chi connectivity index (χ3v) is 6.20. The van der Waals surface area contributed by atoms with E-state index in [0.29, 0.717) is 12.2 Å². The summed E-state index contributed by atoms with van der Waals surface area (Å²) in [5.74, 6) is -0.256. The molecular formula is C13H26O2Si. The topological polar surface area (TPSA) is 26.3 Å². The summed E-state index contributed by atoms with van der Waals surface area (Å²) in [6.45, 7) is 12.9. The van der Waals surface area contributed by atoms with E-state index in [9.17, 15) is 4.79 Å². The number of unbranched alkanes of at least 4 members (excludes halogenated alkanes) is 1. The van der Waals surface area contributed by atoms with Gasteiger partial charge in [0.15, 0.2) is 0 Å². The number of hydrogen-bond donors (Lipinski definition) is 0. The van der Waals surface area contributed by atoms with Crippen molar-refractivity contribution in [3.8, 4) is 0 Å². The van der Waals surface area contributed by atoms with Crippen LogP contribution in [-0.4, -0.2) is 20.7 Å². The Bertz CT molecular complexity index is 234. The molecule has 0 fully saturated rings. The SMILES string of the molecule is C=C(C)C(=O)OCCC[Si](C)(C)CCCC. The van der Waals surface area contributed by atoms with Crippen LogP contribution in [-0.2, 0) is 9.53 Å². The van der Waals surface area contributed by atoms with Gasteiger partial charge >= 0.3 is 5.97 Å². The molecule has 0 N–H and O–H groups in total. The van der Waals surface area contributed by atoms with Gasteiger partial charge in [-0.1, -0.05) is 51.5 Å². The number of carbonyl (C=O) groups is 1. The van der Waals surface area contributed by atoms with Gasteiger partial charge in [0.1, 0.15) is 0 Å². The van der Waals surface area contributed by atoms with Gasteiger partial charge < -0.3 is 4.74 Å². The summed E-state index contributed by atoms with van der Waals surface area (Å²) < 4.78 is 5.09. The van der Waals surface area contributed by atoms with Crippen LogP contribution in [0.4, 0.5) is 0 Å². The van der Waals surface area contributed by atoms with E-state index in [1.54, 1.807) is 6.92 Å². The predicted octanol–water partition coefficient (Wildman–Crippen LogP) is 4.00. The fourth-order valence-corrected chi connectivity index (χ4v) is 4.28. The first-order chi connectivity index (χ1) is 7.39. The molecule has 0 aromatic carbocycles. The van der Waals surface area contributed by atoms with Crippen LogP contribution < -0.4 is 0 Å². The Morgan fingerprint density at radius 1 is 1.25 bits per heavy atom. The molecule has 2 nitrogen and oxygen atoms in total. The van der Waals surface area contributed by atoms with Crippen LogP contribution in [0.25, 0.3) is 0 Å². The zero-order valence-electron chi connectivity index (χ0n) is 11.3. The van der Waals surface area contributed by atoms with Gasteiger partial charge in [0.25, 0.3) is 0 Å². The summed E-state index contributed by atoms with van der Waals surface area (Å²) in [4.78, 5) is 11.1. The van der Waals surface area contributed by atoms with E-state index in [0.717, 1.165) is 6.42 Å². The molecule has 0 bridgehead atoms. The first kappa shape index (κ1) is 15.4. The van der Waals surface area contributed by atoms with Crippen molar-refractivity contribution in [3.05, 3.63) is 12.2 Å². The maximum Gasteiger partial charge on any atom is 0.333 e. The fraction of sp³-hybridized carbons (Fsp3) is 0.769. The molecule has 0 aromatic rings. The van der Waals surface area contributed by atoms with E-state index in [2.05, 4.69) is 26.6 Å². The molecule has 0 rings (SSSR count). The fourth-order valence-electron chi connectivity index (χ4n) is 1.62. The highest BCUT2D eigenvalue weighted by atomic mass is 28.3. The van der Waals surface area contributed by atoms with Crippen LogP contribution >= 0.6 is 0 Å². The number of esters is 1. The summed E-state index contributed by atoms with van der Waals surface area (Å²) in [6.07, 6.45) is 3.62. The van der Waals surface area contributed by atoms with E-state index in [1.165, 1.54) is 24.9 Å². The molecule has 16 heavy (non-hydrogen) atoms. The second-order valence-corrected chi connectivity index (χ2v) is 10.6. The Hall–Kier alpha value is -0.573. The number of ether oxygens (including phenoxy) is 1. The summed E-state index contributed by atoms with van der Waals surface area (Å²) >= 11 is 0. The first-order valence-corrected chi connectivity index (χ1v) is 9.63. The monoisotopic (exact) mass is 242 g/mol. The molecule has 3 heteroatoms. The zero-order valence-corrected chi connectivity index (χ0v) is 12.3. The Morgan fingerprint density at radius 2 is 1.81 bits per heavy atom. The van der Waals surface area contributed by atoms with Crippen LogP contribution in [0.3, 0.4) is 0 Å². The average Bonchev–Trinajstić information content (AvgIpc) is 2.21. The Morgan fingerprint density at radius 3 is 2.31 bits per heavy atom. The second kappa shape index (κ2) is 7.66. The number of carbonyl (C=O) groups excluding carboxylic acids is 1. The van der Waals surface area contributed by atoms with Crippen molar-refractivity contribution in [1.29, 1.82) is 0 Å². The molecule has 0 radical (unpaired) electrons. The molecule has 0 atom stereocenters. The highest BCUT2D eigenvalue weighted by molar-refractivity contribution is 6.77. The lowest BCUT2D eigenvalue weighted by Crippen LogP contribution is -2.25. The largest absolute Gasteiger partial charge is 0.462 e. The lowest BCUT2D eigenvalue weighted by molar-refractivity contribution is -0.138. The number of rotatable bonds is 8. The zero-order chi connectivity index (χ0) is 12.6. The normalized spacial score (nSPS) is 11.2. The van der Waals surface area contributed by atoms with E-state index >= 15 is 0 Å². The summed E-state index contributed by atoms with van der Waals surface area (Å²) in [5.41, 5.74) is 0.488. The molecule has 0 spiro atoms. The summed E-state index contributed by atoms with van der Waals surface area (Å²) in [6, 6.07) is 2.63. The summed E-state index contributed by atoms with van der Waals surface area (Å²) in [7, 11) is -1.04. The van der Waals surface area contributed by atoms with Crippen molar-refractivity contribution in [2.75, 3.05) is 6.61 Å². The van der Waals surface area contributed by atoms with Gasteiger partial charge in [0, 0.05) is 13.6 Å². The highest BCUT2D eigenvalue weighted by Gasteiger charge is 2.19. The molecule has 0 aromatic heterocycles. The lowest BCUT2D eigenvalue weighted by atomic mass is 10.4. The molecule has 0 saturated carbocycles. The minimum atomic E-state index is -1.04. The van der Waals surface area contributed by atoms with Gasteiger partial charge in [-0.15, -0.1) is 0 Å². The van der Waals surface area contributed by atoms with E-state index in [4.69, 9.17) is 4.74 Å². The van der Waals surface area contributed by atoms with E-state index in [1.807, 2.05) is 0 Å². The van der Waals surface area contributed by atoms with Crippen molar-refractivity contribution in [1.82, 2.24) is 0 Å². The minimum Gasteiger partial charge on any atom is -0.462 e. The van der Waals surface area contributed by atoms with Crippen LogP contribution in [0.15, 0.2) is 12.2 Å². The van der Waals surface area contributed by atoms with Gasteiger partial charge in [-0.05, 0) is 13.3 Å². The van der Waals surface area contributed by atoms with Crippen LogP contribution in [0.1, 0.15) is 33.1 Å². The third kappa shape index (κ3) is 7.68. The Kier molecular flexibility index (Phi) is 7.39. The maximum absolute atomic E-state index is 11.1. The molecular weight excluding hydrogens is 216 g/mol. The third-order valence-electron chi connectivity index (χ3n) is 2.79. The van der Waals surface area contributed by atoms with Gasteiger partial charge in [0.2, 0.25) is 0 Å². The molecule has 0 heterocycles. The Balaban J connectivity index is 3.64. The Labute approximate surface area is 101 Å². The van der Waals surface area contributed by atoms with Crippen LogP contribution in [0, 0.1) is 0 Å². The molecule has 0 aliphatic carbocycles. The van der Waals surface area contributed by atoms with E-state index < -0.39 is 8.07 Å². The average molecular weight is 242 g/mol. The van der Waals surface area contributed by atoms with Crippen molar-refractivity contribution in [3.63, 3.8) is 0 Å². The smallest absolute Gasteiger partial charge is 0.333 e. The molecule has 0 aliphatic rings. The quantitative estimate of drug-likeness (QED) is 0.278. The first-order valence-electron chi connectivity index (χ1n) is 6.21. The van der Waals surface area contributed by atoms with E-state index in [-0.39, 0.29) is 5.97 Å². The molecule has 0 saturated heterocycles. The minimum absolute atomic E-state index is 0.256. The van der Waals surface area contributed by atoms with Gasteiger partial charge in [-0.25, -0.2) is 4.79 Å². The van der Waals surface area contributed by atoms with Crippen LogP contribution in [0.5, 0.6) is 0 Å². The second-order valence-electron chi connectivity index (χ2n) is 5.29. The standard InChI is InChI=1S/C13H26O2Si/c1-6-7-10-16(4,5)11-8-9-15-13(14)12(2)3/h2,6-11H2,1,3-5H3. The summed E-state index contributed by atoms with van der Waals surface area (Å²) in [5, 5.41) is 0. The van der Waals surface area contributed by atoms with Gasteiger partial charge in [-0.3, -0.25) is 0 Å². The molecule has 0 unspecified atom stereocenters. The maximum atomic E-state index is 11.1. The molecule has 0 amide bonds. The number of hydrogen-bond acceptors (Lipinski definition) is 2. The molecule has 94 valence electrons. The van der Waals surface area contributed by atoms with Crippen LogP contribution in [0.2, 0.25) is 25.2 Å². The van der Waals surface area contributed by atoms with Crippen molar-refractivity contribution < 1.29 is 9.53 Å². The van der Waals surface area contributed by atoms with Gasteiger partial charge in [-0.2, -0.15) is 0 Å². The predicted molar refractivity (Wildman–Crippen MR) is 72.4 cm³/mol. The highest BCUT2D eigenvalue weighted by Crippen LogP contribution is 2.20. The van der Waals surface area contributed by atoms with Crippen molar-refractivity contribution >= 4 is 14.0 Å². The molecule has 0 aliphatic heterocycles.